The molecule has 1 aliphatic heterocycles. The van der Waals surface area contributed by atoms with Crippen molar-refractivity contribution in [1.29, 1.82) is 0 Å². The third kappa shape index (κ3) is 1.97. The second kappa shape index (κ2) is 4.18. The number of fused-ring (bicyclic) bond motifs is 1. The van der Waals surface area contributed by atoms with Crippen molar-refractivity contribution in [1.82, 2.24) is 4.98 Å². The van der Waals surface area contributed by atoms with E-state index in [9.17, 15) is 4.79 Å². The standard InChI is InChI=1S/C12H14ClN3O/c13-10-6-5-9-12(15-10)16(7-11(17)14-9)8-3-1-2-4-8/h5-6,8H,1-4,7H2,(H,14,17). The number of amides is 1. The molecule has 0 unspecified atom stereocenters. The van der Waals surface area contributed by atoms with Crippen LogP contribution in [0.3, 0.4) is 0 Å². The number of carbonyl (C=O) groups excluding carboxylic acids is 1. The largest absolute Gasteiger partial charge is 0.343 e. The van der Waals surface area contributed by atoms with Gasteiger partial charge in [-0.3, -0.25) is 4.79 Å². The predicted molar refractivity (Wildman–Crippen MR) is 67.5 cm³/mol. The van der Waals surface area contributed by atoms with Crippen LogP contribution in [0, 0.1) is 0 Å². The van der Waals surface area contributed by atoms with Crippen LogP contribution in [0.2, 0.25) is 5.15 Å². The van der Waals surface area contributed by atoms with Gasteiger partial charge < -0.3 is 10.2 Å². The van der Waals surface area contributed by atoms with Crippen LogP contribution in [0.4, 0.5) is 11.5 Å². The summed E-state index contributed by atoms with van der Waals surface area (Å²) < 4.78 is 0. The van der Waals surface area contributed by atoms with Crippen LogP contribution < -0.4 is 10.2 Å². The first-order valence-corrected chi connectivity index (χ1v) is 6.35. The lowest BCUT2D eigenvalue weighted by molar-refractivity contribution is -0.115. The Kier molecular flexibility index (Phi) is 2.67. The highest BCUT2D eigenvalue weighted by Gasteiger charge is 2.30. The SMILES string of the molecule is O=C1CN(C2CCCC2)c2nc(Cl)ccc2N1. The summed E-state index contributed by atoms with van der Waals surface area (Å²) >= 11 is 5.93. The lowest BCUT2D eigenvalue weighted by Gasteiger charge is -2.34. The van der Waals surface area contributed by atoms with Crippen LogP contribution in [0.1, 0.15) is 25.7 Å². The fourth-order valence-electron chi connectivity index (χ4n) is 2.68. The molecule has 3 rings (SSSR count). The third-order valence-corrected chi connectivity index (χ3v) is 3.68. The first-order valence-electron chi connectivity index (χ1n) is 5.97. The minimum absolute atomic E-state index is 0.0357. The van der Waals surface area contributed by atoms with Gasteiger partial charge in [0.05, 0.1) is 12.2 Å². The number of nitrogens with one attached hydrogen (secondary N) is 1. The Balaban J connectivity index is 1.99. The monoisotopic (exact) mass is 251 g/mol. The van der Waals surface area contributed by atoms with E-state index >= 15 is 0 Å². The number of hydrogen-bond acceptors (Lipinski definition) is 3. The maximum Gasteiger partial charge on any atom is 0.244 e. The molecule has 0 saturated heterocycles. The molecule has 17 heavy (non-hydrogen) atoms. The molecule has 4 nitrogen and oxygen atoms in total. The topological polar surface area (TPSA) is 45.2 Å². The van der Waals surface area contributed by atoms with Gasteiger partial charge in [0.2, 0.25) is 5.91 Å². The Morgan fingerprint density at radius 3 is 2.88 bits per heavy atom. The zero-order valence-electron chi connectivity index (χ0n) is 9.45. The number of anilines is 2. The van der Waals surface area contributed by atoms with E-state index in [2.05, 4.69) is 15.2 Å². The molecule has 1 amide bonds. The van der Waals surface area contributed by atoms with Crippen molar-refractivity contribution in [2.24, 2.45) is 0 Å². The van der Waals surface area contributed by atoms with Gasteiger partial charge in [-0.1, -0.05) is 24.4 Å². The molecule has 1 aromatic rings. The van der Waals surface area contributed by atoms with Gasteiger partial charge in [-0.25, -0.2) is 4.98 Å². The van der Waals surface area contributed by atoms with Crippen LogP contribution in [-0.2, 0) is 4.79 Å². The number of nitrogens with zero attached hydrogens (tertiary/aromatic N) is 2. The van der Waals surface area contributed by atoms with Crippen LogP contribution in [0.5, 0.6) is 0 Å². The van der Waals surface area contributed by atoms with Gasteiger partial charge in [-0.2, -0.15) is 0 Å². The molecule has 5 heteroatoms. The van der Waals surface area contributed by atoms with E-state index < -0.39 is 0 Å². The summed E-state index contributed by atoms with van der Waals surface area (Å²) in [6.45, 7) is 0.394. The summed E-state index contributed by atoms with van der Waals surface area (Å²) in [6.07, 6.45) is 4.75. The molecule has 1 aliphatic carbocycles. The molecule has 1 N–H and O–H groups in total. The van der Waals surface area contributed by atoms with E-state index in [0.717, 1.165) is 24.3 Å². The number of rotatable bonds is 1. The highest BCUT2D eigenvalue weighted by atomic mass is 35.5. The fraction of sp³-hybridized carbons (Fsp3) is 0.500. The second-order valence-electron chi connectivity index (χ2n) is 4.62. The number of aromatic nitrogens is 1. The van der Waals surface area contributed by atoms with Crippen molar-refractivity contribution in [2.75, 3.05) is 16.8 Å². The van der Waals surface area contributed by atoms with Crippen LogP contribution >= 0.6 is 11.6 Å². The summed E-state index contributed by atoms with van der Waals surface area (Å²) in [6, 6.07) is 3.97. The normalized spacial score (nSPS) is 20.3. The molecule has 2 heterocycles. The van der Waals surface area contributed by atoms with E-state index in [-0.39, 0.29) is 5.91 Å². The van der Waals surface area contributed by atoms with Gasteiger partial charge in [-0.05, 0) is 25.0 Å². The maximum absolute atomic E-state index is 11.7. The number of hydrogen-bond donors (Lipinski definition) is 1. The first kappa shape index (κ1) is 10.8. The summed E-state index contributed by atoms with van der Waals surface area (Å²) in [5.41, 5.74) is 0.776. The van der Waals surface area contributed by atoms with Crippen LogP contribution in [0.15, 0.2) is 12.1 Å². The molecule has 0 bridgehead atoms. The molecule has 1 aromatic heterocycles. The minimum Gasteiger partial charge on any atom is -0.343 e. The second-order valence-corrected chi connectivity index (χ2v) is 5.01. The van der Waals surface area contributed by atoms with Gasteiger partial charge in [0.15, 0.2) is 5.82 Å². The quantitative estimate of drug-likeness (QED) is 0.780. The van der Waals surface area contributed by atoms with Crippen molar-refractivity contribution >= 4 is 29.0 Å². The van der Waals surface area contributed by atoms with E-state index in [1.807, 2.05) is 6.07 Å². The van der Waals surface area contributed by atoms with Crippen LogP contribution in [0.25, 0.3) is 0 Å². The van der Waals surface area contributed by atoms with E-state index in [4.69, 9.17) is 11.6 Å². The Morgan fingerprint density at radius 1 is 1.35 bits per heavy atom. The molecule has 0 radical (unpaired) electrons. The van der Waals surface area contributed by atoms with Gasteiger partial charge in [0.25, 0.3) is 0 Å². The highest BCUT2D eigenvalue weighted by Crippen LogP contribution is 2.34. The van der Waals surface area contributed by atoms with E-state index in [1.54, 1.807) is 6.07 Å². The molecule has 90 valence electrons. The summed E-state index contributed by atoms with van der Waals surface area (Å²) in [5.74, 6) is 0.859. The molecular weight excluding hydrogens is 238 g/mol. The Morgan fingerprint density at radius 2 is 2.12 bits per heavy atom. The van der Waals surface area contributed by atoms with Gasteiger partial charge in [-0.15, -0.1) is 0 Å². The van der Waals surface area contributed by atoms with Gasteiger partial charge in [0, 0.05) is 6.04 Å². The average molecular weight is 252 g/mol. The molecule has 2 aliphatic rings. The third-order valence-electron chi connectivity index (χ3n) is 3.47. The van der Waals surface area contributed by atoms with Gasteiger partial charge in [0.1, 0.15) is 5.15 Å². The molecule has 1 saturated carbocycles. The lowest BCUT2D eigenvalue weighted by atomic mass is 10.1. The summed E-state index contributed by atoms with van der Waals surface area (Å²) in [7, 11) is 0. The molecule has 0 spiro atoms. The van der Waals surface area contributed by atoms with Gasteiger partial charge >= 0.3 is 0 Å². The predicted octanol–water partition coefficient (Wildman–Crippen LogP) is 2.44. The molecule has 0 aromatic carbocycles. The van der Waals surface area contributed by atoms with Crippen molar-refractivity contribution in [3.05, 3.63) is 17.3 Å². The van der Waals surface area contributed by atoms with E-state index in [1.165, 1.54) is 12.8 Å². The van der Waals surface area contributed by atoms with Crippen molar-refractivity contribution in [2.45, 2.75) is 31.7 Å². The molecular formula is C12H14ClN3O. The lowest BCUT2D eigenvalue weighted by Crippen LogP contribution is -2.44. The number of pyridine rings is 1. The number of carbonyl (C=O) groups is 1. The maximum atomic E-state index is 11.7. The summed E-state index contributed by atoms with van der Waals surface area (Å²) in [5, 5.41) is 3.31. The van der Waals surface area contributed by atoms with Crippen molar-refractivity contribution in [3.63, 3.8) is 0 Å². The van der Waals surface area contributed by atoms with Crippen molar-refractivity contribution < 1.29 is 4.79 Å². The average Bonchev–Trinajstić information content (AvgIpc) is 2.82. The smallest absolute Gasteiger partial charge is 0.244 e. The Hall–Kier alpha value is -1.29. The summed E-state index contributed by atoms with van der Waals surface area (Å²) in [4.78, 5) is 18.1. The fourth-order valence-corrected chi connectivity index (χ4v) is 2.82. The number of halogens is 1. The first-order chi connectivity index (χ1) is 8.24. The van der Waals surface area contributed by atoms with Crippen LogP contribution in [-0.4, -0.2) is 23.5 Å². The molecule has 1 fully saturated rings. The zero-order chi connectivity index (χ0) is 11.8. The Labute approximate surface area is 105 Å². The van der Waals surface area contributed by atoms with E-state index in [0.29, 0.717) is 17.7 Å². The van der Waals surface area contributed by atoms with Crippen molar-refractivity contribution in [3.8, 4) is 0 Å². The Bertz CT molecular complexity index is 457. The minimum atomic E-state index is 0.0357. The highest BCUT2D eigenvalue weighted by molar-refractivity contribution is 6.29. The zero-order valence-corrected chi connectivity index (χ0v) is 10.2. The molecule has 0 atom stereocenters.